The fraction of sp³-hybridized carbons (Fsp3) is 0.393. The maximum atomic E-state index is 13.6. The summed E-state index contributed by atoms with van der Waals surface area (Å²) >= 11 is 0. The summed E-state index contributed by atoms with van der Waals surface area (Å²) in [6, 6.07) is 13.3. The molecule has 1 fully saturated rings. The van der Waals surface area contributed by atoms with Crippen molar-refractivity contribution in [1.29, 1.82) is 0 Å². The third-order valence-corrected chi connectivity index (χ3v) is 9.52. The quantitative estimate of drug-likeness (QED) is 0.553. The Morgan fingerprint density at radius 1 is 1.08 bits per heavy atom. The molecule has 36 heavy (non-hydrogen) atoms. The number of sulfonamides is 1. The maximum Gasteiger partial charge on any atom is 0.243 e. The Balaban J connectivity index is 1.48. The first kappa shape index (κ1) is 24.9. The Morgan fingerprint density at radius 2 is 1.75 bits per heavy atom. The van der Waals surface area contributed by atoms with E-state index < -0.39 is 21.5 Å². The zero-order valence-electron chi connectivity index (χ0n) is 21.1. The number of rotatable bonds is 4. The van der Waals surface area contributed by atoms with E-state index in [1.165, 1.54) is 16.4 Å². The van der Waals surface area contributed by atoms with E-state index in [0.29, 0.717) is 19.4 Å². The molecule has 0 saturated carbocycles. The van der Waals surface area contributed by atoms with Crippen LogP contribution in [0.25, 0.3) is 11.8 Å². The van der Waals surface area contributed by atoms with Gasteiger partial charge in [-0.3, -0.25) is 0 Å². The lowest BCUT2D eigenvalue weighted by atomic mass is 9.66. The van der Waals surface area contributed by atoms with Crippen LogP contribution in [-0.4, -0.2) is 46.8 Å². The molecule has 8 heteroatoms. The zero-order valence-corrected chi connectivity index (χ0v) is 21.9. The molecule has 2 aliphatic rings. The Morgan fingerprint density at radius 3 is 2.36 bits per heavy atom. The fourth-order valence-electron chi connectivity index (χ4n) is 5.38. The van der Waals surface area contributed by atoms with Crippen molar-refractivity contribution in [3.8, 4) is 5.69 Å². The highest BCUT2D eigenvalue weighted by Gasteiger charge is 2.48. The van der Waals surface area contributed by atoms with E-state index in [1.807, 2.05) is 18.2 Å². The number of nitrogens with zero attached hydrogens (tertiary/aromatic N) is 3. The molecule has 1 saturated heterocycles. The number of hydrogen-bond donors (Lipinski definition) is 1. The van der Waals surface area contributed by atoms with Gasteiger partial charge in [0.25, 0.3) is 0 Å². The second-order valence-electron chi connectivity index (χ2n) is 11.0. The van der Waals surface area contributed by atoms with Gasteiger partial charge >= 0.3 is 0 Å². The van der Waals surface area contributed by atoms with Gasteiger partial charge in [-0.15, -0.1) is 0 Å². The smallest absolute Gasteiger partial charge is 0.243 e. The summed E-state index contributed by atoms with van der Waals surface area (Å²) in [5.74, 6) is -0.312. The van der Waals surface area contributed by atoms with Crippen molar-refractivity contribution in [2.45, 2.75) is 57.0 Å². The van der Waals surface area contributed by atoms with Crippen molar-refractivity contribution in [1.82, 2.24) is 14.1 Å². The third-order valence-electron chi connectivity index (χ3n) is 7.66. The Kier molecular flexibility index (Phi) is 5.97. The standard InChI is InChI=1S/C28H32FN3O3S/c1-19(33)28-16-20-17-30-32(24-9-7-23(29)8-10-24)26(20)15-22(28)13-14-31(18-28)36(34,35)25-11-5-21(6-12-25)27(2,3)4/h5-12,15,17,19,33H,13-14,16,18H2,1-4H3/t19-,28?/m1/s1. The minimum absolute atomic E-state index is 0.0678. The van der Waals surface area contributed by atoms with Crippen LogP contribution >= 0.6 is 0 Å². The lowest BCUT2D eigenvalue weighted by Crippen LogP contribution is -2.53. The van der Waals surface area contributed by atoms with E-state index >= 15 is 0 Å². The topological polar surface area (TPSA) is 75.4 Å². The van der Waals surface area contributed by atoms with Crippen LogP contribution in [0, 0.1) is 11.2 Å². The predicted octanol–water partition coefficient (Wildman–Crippen LogP) is 4.71. The lowest BCUT2D eigenvalue weighted by Gasteiger charge is -2.47. The van der Waals surface area contributed by atoms with E-state index in [-0.39, 0.29) is 22.7 Å². The summed E-state index contributed by atoms with van der Waals surface area (Å²) in [5.41, 5.74) is 3.85. The fourth-order valence-corrected chi connectivity index (χ4v) is 6.89. The van der Waals surface area contributed by atoms with Crippen LogP contribution in [0.3, 0.4) is 0 Å². The van der Waals surface area contributed by atoms with Crippen LogP contribution in [0.4, 0.5) is 4.39 Å². The molecular weight excluding hydrogens is 477 g/mol. The molecule has 0 spiro atoms. The number of hydrogen-bond acceptors (Lipinski definition) is 4. The average Bonchev–Trinajstić information content (AvgIpc) is 3.24. The zero-order chi connectivity index (χ0) is 25.9. The monoisotopic (exact) mass is 509 g/mol. The summed E-state index contributed by atoms with van der Waals surface area (Å²) in [6.45, 7) is 8.55. The predicted molar refractivity (Wildman–Crippen MR) is 138 cm³/mol. The summed E-state index contributed by atoms with van der Waals surface area (Å²) in [6.07, 6.45) is 4.02. The molecule has 1 unspecified atom stereocenters. The molecule has 1 aromatic heterocycles. The Bertz CT molecular complexity index is 1420. The van der Waals surface area contributed by atoms with Crippen molar-refractivity contribution < 1.29 is 17.9 Å². The summed E-state index contributed by atoms with van der Waals surface area (Å²) in [5, 5.41) is 15.5. The van der Waals surface area contributed by atoms with Gasteiger partial charge in [0.1, 0.15) is 5.82 Å². The van der Waals surface area contributed by atoms with Gasteiger partial charge < -0.3 is 5.11 Å². The van der Waals surface area contributed by atoms with Crippen LogP contribution < -0.4 is 0 Å². The van der Waals surface area contributed by atoms with Crippen LogP contribution in [0.2, 0.25) is 0 Å². The van der Waals surface area contributed by atoms with Gasteiger partial charge in [0.2, 0.25) is 10.0 Å². The number of aliphatic hydroxyl groups excluding tert-OH is 1. The molecule has 0 radical (unpaired) electrons. The van der Waals surface area contributed by atoms with Crippen LogP contribution in [-0.2, 0) is 21.9 Å². The van der Waals surface area contributed by atoms with Crippen molar-refractivity contribution in [3.63, 3.8) is 0 Å². The highest BCUT2D eigenvalue weighted by Crippen LogP contribution is 2.47. The van der Waals surface area contributed by atoms with Gasteiger partial charge in [0, 0.05) is 18.5 Å². The van der Waals surface area contributed by atoms with Crippen molar-refractivity contribution in [3.05, 3.63) is 82.9 Å². The molecule has 2 atom stereocenters. The average molecular weight is 510 g/mol. The maximum absolute atomic E-state index is 13.6. The van der Waals surface area contributed by atoms with Gasteiger partial charge in [-0.25, -0.2) is 17.5 Å². The minimum atomic E-state index is -3.73. The highest BCUT2D eigenvalue weighted by molar-refractivity contribution is 7.89. The first-order valence-electron chi connectivity index (χ1n) is 12.2. The van der Waals surface area contributed by atoms with E-state index in [2.05, 4.69) is 25.9 Å². The molecule has 1 N–H and O–H groups in total. The molecule has 0 bridgehead atoms. The SMILES string of the molecule is C[C@@H](O)C12Cc3cnn(-c4ccc(F)cc4)c3C=C1CCN(S(=O)(=O)c1ccc(C(C)(C)C)cc1)C2. The van der Waals surface area contributed by atoms with Gasteiger partial charge in [-0.1, -0.05) is 38.5 Å². The van der Waals surface area contributed by atoms with Gasteiger partial charge in [0.05, 0.1) is 28.6 Å². The number of aromatic nitrogens is 2. The molecule has 2 aromatic carbocycles. The van der Waals surface area contributed by atoms with Crippen molar-refractivity contribution in [2.75, 3.05) is 13.1 Å². The number of benzene rings is 2. The molecule has 1 aliphatic heterocycles. The first-order valence-corrected chi connectivity index (χ1v) is 13.7. The lowest BCUT2D eigenvalue weighted by molar-refractivity contribution is 0.0366. The van der Waals surface area contributed by atoms with E-state index in [1.54, 1.807) is 42.1 Å². The van der Waals surface area contributed by atoms with Gasteiger partial charge in [0.15, 0.2) is 0 Å². The molecule has 3 aromatic rings. The van der Waals surface area contributed by atoms with Crippen molar-refractivity contribution >= 4 is 16.1 Å². The second kappa shape index (κ2) is 8.64. The summed E-state index contributed by atoms with van der Waals surface area (Å²) in [4.78, 5) is 0.268. The number of halogens is 1. The Labute approximate surface area is 212 Å². The molecule has 190 valence electrons. The molecule has 0 amide bonds. The second-order valence-corrected chi connectivity index (χ2v) is 12.9. The summed E-state index contributed by atoms with van der Waals surface area (Å²) in [7, 11) is -3.73. The van der Waals surface area contributed by atoms with Crippen LogP contribution in [0.1, 0.15) is 50.9 Å². The Hall–Kier alpha value is -2.81. The van der Waals surface area contributed by atoms with Crippen molar-refractivity contribution in [2.24, 2.45) is 5.41 Å². The normalized spacial score (nSPS) is 21.4. The molecule has 1 aliphatic carbocycles. The largest absolute Gasteiger partial charge is 0.392 e. The molecule has 2 heterocycles. The molecule has 5 rings (SSSR count). The highest BCUT2D eigenvalue weighted by atomic mass is 32.2. The minimum Gasteiger partial charge on any atom is -0.392 e. The van der Waals surface area contributed by atoms with E-state index in [0.717, 1.165) is 28.1 Å². The van der Waals surface area contributed by atoms with Gasteiger partial charge in [-0.2, -0.15) is 9.40 Å². The van der Waals surface area contributed by atoms with Gasteiger partial charge in [-0.05, 0) is 78.8 Å². The van der Waals surface area contributed by atoms with Crippen LogP contribution in [0.15, 0.2) is 65.2 Å². The van der Waals surface area contributed by atoms with E-state index in [9.17, 15) is 17.9 Å². The first-order chi connectivity index (χ1) is 16.9. The van der Waals surface area contributed by atoms with Crippen LogP contribution in [0.5, 0.6) is 0 Å². The third kappa shape index (κ3) is 4.11. The summed E-state index contributed by atoms with van der Waals surface area (Å²) < 4.78 is 44.0. The number of piperidine rings is 1. The number of aliphatic hydroxyl groups is 1. The molecule has 6 nitrogen and oxygen atoms in total. The van der Waals surface area contributed by atoms with E-state index in [4.69, 9.17) is 0 Å². The number of fused-ring (bicyclic) bond motifs is 2. The molecular formula is C28H32FN3O3S.